The fourth-order valence-corrected chi connectivity index (χ4v) is 5.53. The monoisotopic (exact) mass is 621 g/mol. The fourth-order valence-electron chi connectivity index (χ4n) is 4.01. The van der Waals surface area contributed by atoms with E-state index in [2.05, 4.69) is 18.3 Å². The second-order valence-corrected chi connectivity index (χ2v) is 14.5. The zero-order valence-corrected chi connectivity index (χ0v) is 28.8. The maximum atomic E-state index is 13.1. The van der Waals surface area contributed by atoms with Crippen LogP contribution in [0.25, 0.3) is 0 Å². The van der Waals surface area contributed by atoms with Crippen molar-refractivity contribution in [1.29, 1.82) is 0 Å². The molecular formula is C32H64NO8P. The summed E-state index contributed by atoms with van der Waals surface area (Å²) in [5.41, 5.74) is -1.44. The molecule has 0 aliphatic rings. The Bertz CT molecular complexity index is 733. The molecule has 1 unspecified atom stereocenters. The Morgan fingerprint density at radius 1 is 0.786 bits per heavy atom. The maximum Gasteiger partial charge on any atom is 0.475 e. The average Bonchev–Trinajstić information content (AvgIpc) is 2.87. The number of hydrogen-bond acceptors (Lipinski definition) is 8. The summed E-state index contributed by atoms with van der Waals surface area (Å²) in [7, 11) is -4.00. The second-order valence-electron chi connectivity index (χ2n) is 12.9. The largest absolute Gasteiger partial charge is 0.475 e. The van der Waals surface area contributed by atoms with Crippen LogP contribution in [0.4, 0.5) is 4.79 Å². The number of aliphatic hydroxyl groups excluding tert-OH is 1. The van der Waals surface area contributed by atoms with E-state index in [-0.39, 0.29) is 26.4 Å². The van der Waals surface area contributed by atoms with E-state index in [1.165, 1.54) is 83.5 Å². The molecule has 0 aliphatic carbocycles. The van der Waals surface area contributed by atoms with E-state index >= 15 is 0 Å². The number of allylic oxidation sites excluding steroid dienone is 1. The predicted molar refractivity (Wildman–Crippen MR) is 171 cm³/mol. The van der Waals surface area contributed by atoms with E-state index in [4.69, 9.17) is 23.0 Å². The van der Waals surface area contributed by atoms with Gasteiger partial charge in [-0.1, -0.05) is 96.1 Å². The lowest BCUT2D eigenvalue weighted by Gasteiger charge is -2.27. The van der Waals surface area contributed by atoms with Crippen LogP contribution in [0.3, 0.4) is 0 Å². The number of unbranched alkanes of at least 4 members (excludes halogenated alkanes) is 13. The fraction of sp³-hybridized carbons (Fsp3) is 0.906. The number of carbonyl (C=O) groups excluding carboxylic acids is 1. The van der Waals surface area contributed by atoms with Crippen LogP contribution < -0.4 is 5.32 Å². The van der Waals surface area contributed by atoms with E-state index in [1.807, 2.05) is 6.08 Å². The molecule has 10 heteroatoms. The second kappa shape index (κ2) is 24.4. The van der Waals surface area contributed by atoms with Gasteiger partial charge in [0.25, 0.3) is 0 Å². The third-order valence-corrected chi connectivity index (χ3v) is 7.73. The number of phosphoric ester groups is 1. The normalized spacial score (nSPS) is 14.7. The first-order chi connectivity index (χ1) is 19.8. The van der Waals surface area contributed by atoms with Crippen LogP contribution in [-0.2, 0) is 27.6 Å². The van der Waals surface area contributed by atoms with E-state index in [9.17, 15) is 14.5 Å². The van der Waals surface area contributed by atoms with E-state index in [1.54, 1.807) is 41.5 Å². The molecule has 2 atom stereocenters. The first kappa shape index (κ1) is 41.0. The molecule has 1 amide bonds. The molecule has 2 N–H and O–H groups in total. The van der Waals surface area contributed by atoms with Gasteiger partial charge in [-0.3, -0.25) is 13.6 Å². The van der Waals surface area contributed by atoms with Crippen molar-refractivity contribution in [1.82, 2.24) is 5.32 Å². The molecule has 9 nitrogen and oxygen atoms in total. The summed E-state index contributed by atoms with van der Waals surface area (Å²) in [6.07, 6.45) is 21.0. The molecule has 0 saturated carbocycles. The van der Waals surface area contributed by atoms with E-state index in [0.29, 0.717) is 6.61 Å². The summed E-state index contributed by atoms with van der Waals surface area (Å²) in [6, 6.07) is 0. The van der Waals surface area contributed by atoms with Crippen LogP contribution in [-0.4, -0.2) is 61.5 Å². The Hall–Kier alpha value is -0.960. The topological polar surface area (TPSA) is 113 Å². The zero-order valence-electron chi connectivity index (χ0n) is 27.9. The zero-order chi connectivity index (χ0) is 31.7. The van der Waals surface area contributed by atoms with Crippen molar-refractivity contribution < 1.29 is 37.5 Å². The molecule has 42 heavy (non-hydrogen) atoms. The smallest absolute Gasteiger partial charge is 0.444 e. The average molecular weight is 622 g/mol. The number of alkyl carbamates (subject to hydrolysis) is 1. The van der Waals surface area contributed by atoms with Gasteiger partial charge in [0.15, 0.2) is 0 Å². The molecule has 0 rings (SSSR count). The quantitative estimate of drug-likeness (QED) is 0.0559. The first-order valence-electron chi connectivity index (χ1n) is 16.2. The van der Waals surface area contributed by atoms with Gasteiger partial charge in [0.05, 0.1) is 32.0 Å². The molecule has 0 aromatic heterocycles. The Labute approximate surface area is 257 Å². The van der Waals surface area contributed by atoms with Crippen molar-refractivity contribution >= 4 is 13.9 Å². The van der Waals surface area contributed by atoms with Gasteiger partial charge in [0.1, 0.15) is 11.7 Å². The lowest BCUT2D eigenvalue weighted by molar-refractivity contribution is -0.00705. The number of carbonyl (C=O) groups is 1. The molecule has 250 valence electrons. The van der Waals surface area contributed by atoms with Crippen LogP contribution in [0.1, 0.15) is 138 Å². The Morgan fingerprint density at radius 3 is 1.86 bits per heavy atom. The molecule has 0 aliphatic heterocycles. The number of hydrogen-bond donors (Lipinski definition) is 2. The molecule has 0 saturated heterocycles. The van der Waals surface area contributed by atoms with Crippen LogP contribution >= 0.6 is 7.82 Å². The lowest BCUT2D eigenvalue weighted by Crippen LogP contribution is -2.34. The molecule has 0 aromatic carbocycles. The Balaban J connectivity index is 3.97. The first-order valence-corrected chi connectivity index (χ1v) is 17.7. The molecule has 0 spiro atoms. The summed E-state index contributed by atoms with van der Waals surface area (Å²) in [5, 5.41) is 12.7. The highest BCUT2D eigenvalue weighted by Gasteiger charge is 2.33. The molecule has 0 bridgehead atoms. The van der Waals surface area contributed by atoms with E-state index in [0.717, 1.165) is 6.42 Å². The highest BCUT2D eigenvalue weighted by atomic mass is 31.2. The minimum absolute atomic E-state index is 0.0266. The number of amides is 1. The third-order valence-electron chi connectivity index (χ3n) is 6.00. The van der Waals surface area contributed by atoms with Gasteiger partial charge < -0.3 is 19.9 Å². The van der Waals surface area contributed by atoms with Gasteiger partial charge in [0.2, 0.25) is 0 Å². The van der Waals surface area contributed by atoms with Crippen molar-refractivity contribution in [2.24, 2.45) is 0 Å². The van der Waals surface area contributed by atoms with Crippen LogP contribution in [0.2, 0.25) is 0 Å². The van der Waals surface area contributed by atoms with Crippen LogP contribution in [0, 0.1) is 0 Å². The van der Waals surface area contributed by atoms with Gasteiger partial charge in [-0.15, -0.1) is 0 Å². The summed E-state index contributed by atoms with van der Waals surface area (Å²) in [6.45, 7) is 12.8. The lowest BCUT2D eigenvalue weighted by atomic mass is 10.0. The van der Waals surface area contributed by atoms with Gasteiger partial charge in [-0.05, 0) is 54.4 Å². The highest BCUT2D eigenvalue weighted by molar-refractivity contribution is 7.48. The highest BCUT2D eigenvalue weighted by Crippen LogP contribution is 2.52. The van der Waals surface area contributed by atoms with Gasteiger partial charge in [-0.25, -0.2) is 9.36 Å². The number of nitrogens with one attached hydrogen (secondary N) is 1. The molecular weight excluding hydrogens is 557 g/mol. The predicted octanol–water partition coefficient (Wildman–Crippen LogP) is 8.88. The molecule has 0 aromatic rings. The van der Waals surface area contributed by atoms with Crippen molar-refractivity contribution in [3.8, 4) is 0 Å². The summed E-state index contributed by atoms with van der Waals surface area (Å²) >= 11 is 0. The van der Waals surface area contributed by atoms with Crippen molar-refractivity contribution in [3.05, 3.63) is 12.2 Å². The summed E-state index contributed by atoms with van der Waals surface area (Å²) in [4.78, 5) is 11.8. The Kier molecular flexibility index (Phi) is 23.8. The third kappa shape index (κ3) is 29.1. The van der Waals surface area contributed by atoms with Crippen molar-refractivity contribution in [2.45, 2.75) is 156 Å². The standard InChI is InChI=1S/C32H64NO8P/c1-8-9-10-11-12-13-14-15-16-17-18-19-20-21-22-23-25-37-27-29(34)28-39-42(36,41-32(5,6)7)38-26-24-33-30(35)40-31(2,3)4/h22-23,29,34H,8-21,24-28H2,1-7H3,(H,33,35)/b23-22+/t29-,42?/m1/s1. The van der Waals surface area contributed by atoms with Gasteiger partial charge >= 0.3 is 13.9 Å². The maximum absolute atomic E-state index is 13.1. The molecule has 0 radical (unpaired) electrons. The molecule has 0 heterocycles. The molecule has 0 fully saturated rings. The van der Waals surface area contributed by atoms with Crippen molar-refractivity contribution in [2.75, 3.05) is 33.0 Å². The number of rotatable bonds is 26. The Morgan fingerprint density at radius 2 is 1.33 bits per heavy atom. The minimum Gasteiger partial charge on any atom is -0.444 e. The van der Waals surface area contributed by atoms with Crippen LogP contribution in [0.15, 0.2) is 12.2 Å². The number of ether oxygens (including phenoxy) is 2. The van der Waals surface area contributed by atoms with Crippen molar-refractivity contribution in [3.63, 3.8) is 0 Å². The number of phosphoric acid groups is 1. The van der Waals surface area contributed by atoms with Crippen LogP contribution in [0.5, 0.6) is 0 Å². The minimum atomic E-state index is -4.00. The van der Waals surface area contributed by atoms with E-state index < -0.39 is 31.2 Å². The summed E-state index contributed by atoms with van der Waals surface area (Å²) < 4.78 is 40.0. The van der Waals surface area contributed by atoms with Gasteiger partial charge in [-0.2, -0.15) is 0 Å². The summed E-state index contributed by atoms with van der Waals surface area (Å²) in [5.74, 6) is 0. The SMILES string of the molecule is CCCCCCCCCCCCCCC/C=C/COC[C@@H](O)COP(=O)(OCCNC(=O)OC(C)(C)C)OC(C)(C)C. The number of aliphatic hydroxyl groups is 1. The van der Waals surface area contributed by atoms with Gasteiger partial charge in [0, 0.05) is 6.54 Å².